The number of thiocarbonyl (C=S) groups is 1. The molecule has 0 radical (unpaired) electrons. The fourth-order valence-corrected chi connectivity index (χ4v) is 2.84. The maximum atomic E-state index is 5.82. The van der Waals surface area contributed by atoms with Gasteiger partial charge in [-0.1, -0.05) is 30.8 Å². The number of benzene rings is 1. The highest BCUT2D eigenvalue weighted by molar-refractivity contribution is 7.80. The van der Waals surface area contributed by atoms with E-state index in [9.17, 15) is 0 Å². The largest absolute Gasteiger partial charge is 0.389 e. The van der Waals surface area contributed by atoms with Gasteiger partial charge in [-0.15, -0.1) is 0 Å². The van der Waals surface area contributed by atoms with E-state index in [4.69, 9.17) is 18.0 Å². The minimum absolute atomic E-state index is 0.467. The molecule has 0 saturated carbocycles. The minimum atomic E-state index is 0.467. The lowest BCUT2D eigenvalue weighted by Gasteiger charge is -2.33. The molecule has 2 rings (SSSR count). The van der Waals surface area contributed by atoms with Gasteiger partial charge in [0.2, 0.25) is 0 Å². The number of aryl methyl sites for hydroxylation is 1. The number of likely N-dealkylation sites (tertiary alicyclic amines) is 1. The summed E-state index contributed by atoms with van der Waals surface area (Å²) in [5.74, 6) is 0. The number of piperidine rings is 1. The summed E-state index contributed by atoms with van der Waals surface area (Å²) in [7, 11) is 0. The first-order valence-electron chi connectivity index (χ1n) is 6.99. The van der Waals surface area contributed by atoms with Gasteiger partial charge in [0, 0.05) is 23.8 Å². The summed E-state index contributed by atoms with van der Waals surface area (Å²) in [6, 6.07) is 6.74. The van der Waals surface area contributed by atoms with E-state index in [2.05, 4.69) is 42.3 Å². The quantitative estimate of drug-likeness (QED) is 0.830. The molecule has 1 aromatic rings. The Morgan fingerprint density at radius 2 is 2.32 bits per heavy atom. The predicted octanol–water partition coefficient (Wildman–Crippen LogP) is 2.53. The van der Waals surface area contributed by atoms with Crippen molar-refractivity contribution < 1.29 is 0 Å². The molecule has 1 aromatic carbocycles. The molecule has 0 amide bonds. The van der Waals surface area contributed by atoms with E-state index in [1.54, 1.807) is 0 Å². The van der Waals surface area contributed by atoms with Gasteiger partial charge in [0.15, 0.2) is 0 Å². The summed E-state index contributed by atoms with van der Waals surface area (Å²) < 4.78 is 0. The Labute approximate surface area is 121 Å². The maximum absolute atomic E-state index is 5.82. The molecule has 1 atom stereocenters. The second-order valence-corrected chi connectivity index (χ2v) is 5.73. The van der Waals surface area contributed by atoms with Gasteiger partial charge < -0.3 is 16.0 Å². The molecule has 1 aliphatic heterocycles. The van der Waals surface area contributed by atoms with Gasteiger partial charge in [-0.2, -0.15) is 0 Å². The number of nitrogens with zero attached hydrogens (tertiary/aromatic N) is 1. The number of likely N-dealkylation sites (N-methyl/N-ethyl adjacent to an activating group) is 1. The monoisotopic (exact) mass is 277 g/mol. The van der Waals surface area contributed by atoms with Crippen molar-refractivity contribution in [3.8, 4) is 0 Å². The summed E-state index contributed by atoms with van der Waals surface area (Å²) in [6.07, 6.45) is 2.46. The number of nitrogens with one attached hydrogen (secondary N) is 1. The fourth-order valence-electron chi connectivity index (χ4n) is 2.67. The zero-order valence-corrected chi connectivity index (χ0v) is 12.6. The van der Waals surface area contributed by atoms with Crippen molar-refractivity contribution in [2.24, 2.45) is 5.73 Å². The van der Waals surface area contributed by atoms with Gasteiger partial charge in [0.1, 0.15) is 4.99 Å². The molecule has 104 valence electrons. The normalized spacial score (nSPS) is 20.2. The van der Waals surface area contributed by atoms with Crippen LogP contribution in [-0.4, -0.2) is 35.6 Å². The van der Waals surface area contributed by atoms with Crippen LogP contribution in [0.2, 0.25) is 0 Å². The number of nitrogens with two attached hydrogens (primary N) is 1. The van der Waals surface area contributed by atoms with Crippen molar-refractivity contribution in [3.05, 3.63) is 29.3 Å². The smallest absolute Gasteiger partial charge is 0.106 e. The number of hydrogen-bond donors (Lipinski definition) is 2. The Morgan fingerprint density at radius 1 is 1.53 bits per heavy atom. The molecule has 3 N–H and O–H groups in total. The Balaban J connectivity index is 2.12. The first kappa shape index (κ1) is 14.3. The van der Waals surface area contributed by atoms with Gasteiger partial charge in [-0.3, -0.25) is 0 Å². The van der Waals surface area contributed by atoms with Crippen LogP contribution in [-0.2, 0) is 0 Å². The topological polar surface area (TPSA) is 41.3 Å². The maximum Gasteiger partial charge on any atom is 0.106 e. The molecule has 3 nitrogen and oxygen atoms in total. The third-order valence-corrected chi connectivity index (χ3v) is 3.97. The zero-order valence-electron chi connectivity index (χ0n) is 11.8. The molecule has 0 spiro atoms. The fraction of sp³-hybridized carbons (Fsp3) is 0.533. The molecule has 1 aliphatic rings. The summed E-state index contributed by atoms with van der Waals surface area (Å²) in [6.45, 7) is 7.71. The Hall–Kier alpha value is -1.13. The Morgan fingerprint density at radius 3 is 3.00 bits per heavy atom. The van der Waals surface area contributed by atoms with Crippen LogP contribution < -0.4 is 11.1 Å². The van der Waals surface area contributed by atoms with Crippen molar-refractivity contribution in [2.75, 3.05) is 25.0 Å². The molecule has 0 aliphatic carbocycles. The molecule has 1 heterocycles. The lowest BCUT2D eigenvalue weighted by Crippen LogP contribution is -2.42. The van der Waals surface area contributed by atoms with Crippen LogP contribution in [0.1, 0.15) is 30.9 Å². The highest BCUT2D eigenvalue weighted by Gasteiger charge is 2.19. The second kappa shape index (κ2) is 6.35. The first-order chi connectivity index (χ1) is 9.10. The van der Waals surface area contributed by atoms with Crippen molar-refractivity contribution in [1.29, 1.82) is 0 Å². The molecule has 0 aromatic heterocycles. The standard InChI is InChI=1S/C15H23N3S/c1-3-18-8-4-5-12(10-18)17-14-7-6-11(2)9-13(14)15(16)19/h6-7,9,12,17H,3-5,8,10H2,1-2H3,(H2,16,19). The molecular formula is C15H23N3S. The second-order valence-electron chi connectivity index (χ2n) is 5.29. The van der Waals surface area contributed by atoms with E-state index in [-0.39, 0.29) is 0 Å². The molecule has 1 unspecified atom stereocenters. The van der Waals surface area contributed by atoms with E-state index < -0.39 is 0 Å². The molecule has 1 fully saturated rings. The minimum Gasteiger partial charge on any atom is -0.389 e. The van der Waals surface area contributed by atoms with Crippen molar-refractivity contribution >= 4 is 22.9 Å². The third kappa shape index (κ3) is 3.67. The summed E-state index contributed by atoms with van der Waals surface area (Å²) >= 11 is 5.15. The van der Waals surface area contributed by atoms with E-state index in [1.165, 1.54) is 24.9 Å². The van der Waals surface area contributed by atoms with E-state index >= 15 is 0 Å². The van der Waals surface area contributed by atoms with Gasteiger partial charge in [0.05, 0.1) is 0 Å². The molecule has 1 saturated heterocycles. The van der Waals surface area contributed by atoms with Crippen molar-refractivity contribution in [2.45, 2.75) is 32.7 Å². The summed E-state index contributed by atoms with van der Waals surface area (Å²) in [4.78, 5) is 2.95. The van der Waals surface area contributed by atoms with Crippen LogP contribution in [0.25, 0.3) is 0 Å². The highest BCUT2D eigenvalue weighted by atomic mass is 32.1. The Bertz CT molecular complexity index is 459. The summed E-state index contributed by atoms with van der Waals surface area (Å²) in [5, 5.41) is 3.61. The SMILES string of the molecule is CCN1CCCC(Nc2ccc(C)cc2C(N)=S)C1. The summed E-state index contributed by atoms with van der Waals surface area (Å²) in [5.41, 5.74) is 9.04. The molecule has 19 heavy (non-hydrogen) atoms. The number of rotatable bonds is 4. The van der Waals surface area contributed by atoms with Gasteiger partial charge in [-0.25, -0.2) is 0 Å². The van der Waals surface area contributed by atoms with Gasteiger partial charge in [0.25, 0.3) is 0 Å². The van der Waals surface area contributed by atoms with E-state index in [0.29, 0.717) is 11.0 Å². The van der Waals surface area contributed by atoms with Crippen LogP contribution in [0.5, 0.6) is 0 Å². The Kier molecular flexibility index (Phi) is 4.77. The van der Waals surface area contributed by atoms with Crippen LogP contribution in [0, 0.1) is 6.92 Å². The molecular weight excluding hydrogens is 254 g/mol. The zero-order chi connectivity index (χ0) is 13.8. The average Bonchev–Trinajstić information content (AvgIpc) is 2.41. The van der Waals surface area contributed by atoms with Gasteiger partial charge in [-0.05, 0) is 45.0 Å². The van der Waals surface area contributed by atoms with E-state index in [0.717, 1.165) is 24.3 Å². The van der Waals surface area contributed by atoms with E-state index in [1.807, 2.05) is 0 Å². The lowest BCUT2D eigenvalue weighted by molar-refractivity contribution is 0.227. The molecule has 0 bridgehead atoms. The number of anilines is 1. The van der Waals surface area contributed by atoms with Crippen LogP contribution in [0.4, 0.5) is 5.69 Å². The van der Waals surface area contributed by atoms with Crippen LogP contribution in [0.15, 0.2) is 18.2 Å². The molecule has 4 heteroatoms. The van der Waals surface area contributed by atoms with Crippen LogP contribution >= 0.6 is 12.2 Å². The average molecular weight is 277 g/mol. The van der Waals surface area contributed by atoms with Crippen molar-refractivity contribution in [3.63, 3.8) is 0 Å². The van der Waals surface area contributed by atoms with Crippen LogP contribution in [0.3, 0.4) is 0 Å². The number of hydrogen-bond acceptors (Lipinski definition) is 3. The third-order valence-electron chi connectivity index (χ3n) is 3.75. The van der Waals surface area contributed by atoms with Crippen molar-refractivity contribution in [1.82, 2.24) is 4.90 Å². The van der Waals surface area contributed by atoms with Gasteiger partial charge >= 0.3 is 0 Å². The lowest BCUT2D eigenvalue weighted by atomic mass is 10.0. The highest BCUT2D eigenvalue weighted by Crippen LogP contribution is 2.21. The first-order valence-corrected chi connectivity index (χ1v) is 7.40. The predicted molar refractivity (Wildman–Crippen MR) is 85.8 cm³/mol.